The fraction of sp³-hybridized carbons (Fsp3) is 0.458. The maximum absolute atomic E-state index is 6.65. The molecule has 3 atom stereocenters. The Hall–Kier alpha value is -2.13. The van der Waals surface area contributed by atoms with Gasteiger partial charge in [-0.1, -0.05) is 50.2 Å². The summed E-state index contributed by atoms with van der Waals surface area (Å²) < 4.78 is 8.84. The summed E-state index contributed by atoms with van der Waals surface area (Å²) in [6, 6.07) is 15.2. The van der Waals surface area contributed by atoms with Crippen molar-refractivity contribution in [1.29, 1.82) is 0 Å². The largest absolute Gasteiger partial charge is 0.370 e. The standard InChI is InChI=1S/C24H30N2O/c1-18(20-9-8-19-6-4-5-7-21(19)14-20)27-23-10-11-24(2,3)15-22(23)16-26-13-12-25-17-26/h4-9,12-14,17-18,22-23H,10-11,15-16H2,1-3H3. The molecule has 1 heterocycles. The molecule has 3 aromatic rings. The number of ether oxygens (including phenoxy) is 1. The van der Waals surface area contributed by atoms with Crippen molar-refractivity contribution in [1.82, 2.24) is 9.55 Å². The maximum atomic E-state index is 6.65. The fourth-order valence-electron chi connectivity index (χ4n) is 4.54. The third kappa shape index (κ3) is 4.24. The molecule has 0 saturated heterocycles. The molecule has 0 spiro atoms. The van der Waals surface area contributed by atoms with E-state index in [-0.39, 0.29) is 6.10 Å². The Labute approximate surface area is 162 Å². The second-order valence-electron chi connectivity index (χ2n) is 8.85. The topological polar surface area (TPSA) is 27.1 Å². The summed E-state index contributed by atoms with van der Waals surface area (Å²) >= 11 is 0. The van der Waals surface area contributed by atoms with Gasteiger partial charge in [0.15, 0.2) is 0 Å². The minimum atomic E-state index is 0.103. The Morgan fingerprint density at radius 2 is 2.00 bits per heavy atom. The number of hydrogen-bond acceptors (Lipinski definition) is 2. The van der Waals surface area contributed by atoms with Crippen LogP contribution in [-0.4, -0.2) is 15.7 Å². The molecule has 4 rings (SSSR count). The molecule has 0 N–H and O–H groups in total. The molecular formula is C24H30N2O. The van der Waals surface area contributed by atoms with E-state index in [0.29, 0.717) is 17.4 Å². The molecule has 2 aromatic carbocycles. The van der Waals surface area contributed by atoms with Gasteiger partial charge in [0.25, 0.3) is 0 Å². The van der Waals surface area contributed by atoms with Crippen molar-refractivity contribution in [2.24, 2.45) is 11.3 Å². The molecule has 1 fully saturated rings. The van der Waals surface area contributed by atoms with Gasteiger partial charge in [0.2, 0.25) is 0 Å². The number of rotatable bonds is 5. The van der Waals surface area contributed by atoms with Crippen LogP contribution in [0.1, 0.15) is 51.7 Å². The first kappa shape index (κ1) is 18.2. The minimum Gasteiger partial charge on any atom is -0.370 e. The van der Waals surface area contributed by atoms with E-state index in [1.807, 2.05) is 12.5 Å². The number of benzene rings is 2. The number of nitrogens with zero attached hydrogens (tertiary/aromatic N) is 2. The van der Waals surface area contributed by atoms with Crippen molar-refractivity contribution >= 4 is 10.8 Å². The van der Waals surface area contributed by atoms with Crippen molar-refractivity contribution in [3.05, 3.63) is 66.7 Å². The Kier molecular flexibility index (Phi) is 5.05. The predicted molar refractivity (Wildman–Crippen MR) is 111 cm³/mol. The van der Waals surface area contributed by atoms with Crippen LogP contribution in [0.4, 0.5) is 0 Å². The highest BCUT2D eigenvalue weighted by Gasteiger charge is 2.36. The molecule has 0 bridgehead atoms. The Balaban J connectivity index is 1.51. The number of imidazole rings is 1. The summed E-state index contributed by atoms with van der Waals surface area (Å²) in [6.45, 7) is 7.95. The zero-order valence-electron chi connectivity index (χ0n) is 16.6. The number of aromatic nitrogens is 2. The molecule has 0 aliphatic heterocycles. The molecule has 1 aromatic heterocycles. The summed E-state index contributed by atoms with van der Waals surface area (Å²) in [4.78, 5) is 4.21. The number of fused-ring (bicyclic) bond motifs is 1. The molecule has 1 aliphatic carbocycles. The summed E-state index contributed by atoms with van der Waals surface area (Å²) in [7, 11) is 0. The lowest BCUT2D eigenvalue weighted by Crippen LogP contribution is -2.38. The minimum absolute atomic E-state index is 0.103. The maximum Gasteiger partial charge on any atom is 0.0946 e. The normalized spacial score (nSPS) is 23.4. The van der Waals surface area contributed by atoms with Crippen LogP contribution in [0.15, 0.2) is 61.2 Å². The average molecular weight is 363 g/mol. The highest BCUT2D eigenvalue weighted by Crippen LogP contribution is 2.42. The zero-order valence-corrected chi connectivity index (χ0v) is 16.6. The van der Waals surface area contributed by atoms with E-state index in [1.54, 1.807) is 0 Å². The molecule has 1 aliphatic rings. The molecule has 3 unspecified atom stereocenters. The van der Waals surface area contributed by atoms with Gasteiger partial charge < -0.3 is 9.30 Å². The van der Waals surface area contributed by atoms with Crippen molar-refractivity contribution in [2.45, 2.75) is 58.8 Å². The summed E-state index contributed by atoms with van der Waals surface area (Å²) in [5, 5.41) is 2.57. The van der Waals surface area contributed by atoms with Gasteiger partial charge in [0.05, 0.1) is 18.5 Å². The van der Waals surface area contributed by atoms with Crippen LogP contribution >= 0.6 is 0 Å². The van der Waals surface area contributed by atoms with Crippen molar-refractivity contribution in [3.63, 3.8) is 0 Å². The molecule has 27 heavy (non-hydrogen) atoms. The van der Waals surface area contributed by atoms with Gasteiger partial charge >= 0.3 is 0 Å². The highest BCUT2D eigenvalue weighted by molar-refractivity contribution is 5.83. The SMILES string of the molecule is CC(OC1CCC(C)(C)CC1Cn1ccnc1)c1ccc2ccccc2c1. The smallest absolute Gasteiger partial charge is 0.0946 e. The van der Waals surface area contributed by atoms with E-state index >= 15 is 0 Å². The summed E-state index contributed by atoms with van der Waals surface area (Å²) in [6.07, 6.45) is 9.79. The quantitative estimate of drug-likeness (QED) is 0.556. The molecule has 0 amide bonds. The zero-order chi connectivity index (χ0) is 18.9. The van der Waals surface area contributed by atoms with Crippen LogP contribution in [0.5, 0.6) is 0 Å². The summed E-state index contributed by atoms with van der Waals surface area (Å²) in [5.74, 6) is 0.519. The van der Waals surface area contributed by atoms with Gasteiger partial charge in [-0.25, -0.2) is 4.98 Å². The van der Waals surface area contributed by atoms with Gasteiger partial charge in [-0.05, 0) is 54.0 Å². The first-order valence-electron chi connectivity index (χ1n) is 10.1. The van der Waals surface area contributed by atoms with E-state index in [9.17, 15) is 0 Å². The van der Waals surface area contributed by atoms with Crippen molar-refractivity contribution < 1.29 is 4.74 Å². The molecular weight excluding hydrogens is 332 g/mol. The van der Waals surface area contributed by atoms with Crippen LogP contribution < -0.4 is 0 Å². The molecule has 3 nitrogen and oxygen atoms in total. The predicted octanol–water partition coefficient (Wildman–Crippen LogP) is 6.01. The third-order valence-electron chi connectivity index (χ3n) is 6.07. The third-order valence-corrected chi connectivity index (χ3v) is 6.07. The Morgan fingerprint density at radius 1 is 1.19 bits per heavy atom. The van der Waals surface area contributed by atoms with Gasteiger partial charge in [-0.15, -0.1) is 0 Å². The highest BCUT2D eigenvalue weighted by atomic mass is 16.5. The molecule has 3 heteroatoms. The Bertz CT molecular complexity index is 884. The van der Waals surface area contributed by atoms with Gasteiger partial charge in [0, 0.05) is 24.9 Å². The van der Waals surface area contributed by atoms with Gasteiger partial charge in [0.1, 0.15) is 0 Å². The van der Waals surface area contributed by atoms with E-state index in [1.165, 1.54) is 29.2 Å². The molecule has 0 radical (unpaired) electrons. The second kappa shape index (κ2) is 7.47. The van der Waals surface area contributed by atoms with E-state index < -0.39 is 0 Å². The average Bonchev–Trinajstić information content (AvgIpc) is 3.16. The van der Waals surface area contributed by atoms with Gasteiger partial charge in [-0.3, -0.25) is 0 Å². The summed E-state index contributed by atoms with van der Waals surface area (Å²) in [5.41, 5.74) is 1.65. The fourth-order valence-corrected chi connectivity index (χ4v) is 4.54. The van der Waals surface area contributed by atoms with E-state index in [0.717, 1.165) is 13.0 Å². The van der Waals surface area contributed by atoms with E-state index in [2.05, 4.69) is 79.0 Å². The lowest BCUT2D eigenvalue weighted by molar-refractivity contribution is -0.0782. The lowest BCUT2D eigenvalue weighted by atomic mass is 9.70. The lowest BCUT2D eigenvalue weighted by Gasteiger charge is -2.41. The van der Waals surface area contributed by atoms with Crippen LogP contribution in [0, 0.1) is 11.3 Å². The Morgan fingerprint density at radius 3 is 2.78 bits per heavy atom. The second-order valence-corrected chi connectivity index (χ2v) is 8.85. The molecule has 1 saturated carbocycles. The van der Waals surface area contributed by atoms with E-state index in [4.69, 9.17) is 4.74 Å². The first-order chi connectivity index (χ1) is 13.0. The van der Waals surface area contributed by atoms with Crippen LogP contribution in [0.25, 0.3) is 10.8 Å². The van der Waals surface area contributed by atoms with Gasteiger partial charge in [-0.2, -0.15) is 0 Å². The van der Waals surface area contributed by atoms with Crippen LogP contribution in [0.3, 0.4) is 0 Å². The van der Waals surface area contributed by atoms with Crippen molar-refractivity contribution in [2.75, 3.05) is 0 Å². The van der Waals surface area contributed by atoms with Crippen LogP contribution in [0.2, 0.25) is 0 Å². The number of hydrogen-bond donors (Lipinski definition) is 0. The first-order valence-corrected chi connectivity index (χ1v) is 10.1. The van der Waals surface area contributed by atoms with Crippen LogP contribution in [-0.2, 0) is 11.3 Å². The molecule has 142 valence electrons. The van der Waals surface area contributed by atoms with Crippen molar-refractivity contribution in [3.8, 4) is 0 Å². The monoisotopic (exact) mass is 362 g/mol.